The Kier molecular flexibility index (Phi) is 4.91. The van der Waals surface area contributed by atoms with E-state index in [1.165, 1.54) is 0 Å². The van der Waals surface area contributed by atoms with Crippen LogP contribution in [0, 0.1) is 28.6 Å². The number of ketones is 2. The predicted octanol–water partition coefficient (Wildman–Crippen LogP) is 2.72. The summed E-state index contributed by atoms with van der Waals surface area (Å²) in [7, 11) is 0. The number of hydrogen-bond acceptors (Lipinski definition) is 6. The first-order valence-corrected chi connectivity index (χ1v) is 11.8. The number of aliphatic hydroxyl groups excluding tert-OH is 2. The van der Waals surface area contributed by atoms with Gasteiger partial charge < -0.3 is 19.7 Å². The van der Waals surface area contributed by atoms with E-state index < -0.39 is 36.1 Å². The number of Topliss-reactive ketones (excluding diaryl/α,β-unsaturated/α-hetero) is 1. The molecule has 0 aromatic rings. The van der Waals surface area contributed by atoms with Crippen LogP contribution in [0.4, 0.5) is 0 Å². The molecule has 0 radical (unpaired) electrons. The van der Waals surface area contributed by atoms with Gasteiger partial charge in [0, 0.05) is 16.7 Å². The quantitative estimate of drug-likeness (QED) is 0.712. The highest BCUT2D eigenvalue weighted by molar-refractivity contribution is 6.01. The fraction of sp³-hybridized carbons (Fsp3) is 0.760. The lowest BCUT2D eigenvalue weighted by atomic mass is 9.46. The van der Waals surface area contributed by atoms with E-state index in [0.29, 0.717) is 19.3 Å². The first-order valence-electron chi connectivity index (χ1n) is 11.8. The Morgan fingerprint density at radius 1 is 1.32 bits per heavy atom. The van der Waals surface area contributed by atoms with Crippen LogP contribution in [0.25, 0.3) is 0 Å². The Balaban J connectivity index is 1.55. The number of carbonyl (C=O) groups excluding carboxylic acids is 2. The van der Waals surface area contributed by atoms with Crippen LogP contribution in [0.3, 0.4) is 0 Å². The van der Waals surface area contributed by atoms with Crippen molar-refractivity contribution in [2.45, 2.75) is 83.4 Å². The molecule has 1 aliphatic heterocycles. The molecular weight excluding hydrogens is 396 g/mol. The summed E-state index contributed by atoms with van der Waals surface area (Å²) in [5.74, 6) is 0.0274. The molecule has 5 aliphatic rings. The predicted molar refractivity (Wildman–Crippen MR) is 113 cm³/mol. The maximum absolute atomic E-state index is 13.2. The fourth-order valence-corrected chi connectivity index (χ4v) is 8.12. The molecule has 2 N–H and O–H groups in total. The van der Waals surface area contributed by atoms with E-state index in [2.05, 4.69) is 20.8 Å². The summed E-state index contributed by atoms with van der Waals surface area (Å²) < 4.78 is 12.7. The Bertz CT molecular complexity index is 862. The van der Waals surface area contributed by atoms with Gasteiger partial charge in [-0.05, 0) is 56.1 Å². The van der Waals surface area contributed by atoms with E-state index in [1.807, 2.05) is 6.08 Å². The van der Waals surface area contributed by atoms with E-state index in [9.17, 15) is 19.8 Å². The number of fused-ring (bicyclic) bond motifs is 7. The molecule has 31 heavy (non-hydrogen) atoms. The zero-order chi connectivity index (χ0) is 22.2. The number of ether oxygens (including phenoxy) is 2. The second-order valence-electron chi connectivity index (χ2n) is 10.7. The van der Waals surface area contributed by atoms with Crippen LogP contribution in [-0.4, -0.2) is 52.5 Å². The van der Waals surface area contributed by atoms with E-state index in [4.69, 9.17) is 9.47 Å². The van der Waals surface area contributed by atoms with Crippen molar-refractivity contribution in [2.75, 3.05) is 6.61 Å². The summed E-state index contributed by atoms with van der Waals surface area (Å²) in [6.45, 7) is 5.67. The molecule has 1 unspecified atom stereocenters. The smallest absolute Gasteiger partial charge is 0.193 e. The van der Waals surface area contributed by atoms with Crippen LogP contribution in [0.15, 0.2) is 23.8 Å². The summed E-state index contributed by atoms with van der Waals surface area (Å²) in [6, 6.07) is 0. The van der Waals surface area contributed by atoms with E-state index in [1.54, 1.807) is 12.2 Å². The molecule has 0 amide bonds. The highest BCUT2D eigenvalue weighted by Gasteiger charge is 2.75. The Morgan fingerprint density at radius 2 is 2.10 bits per heavy atom. The number of hydrogen-bond donors (Lipinski definition) is 2. The van der Waals surface area contributed by atoms with Gasteiger partial charge in [-0.25, -0.2) is 0 Å². The molecule has 3 saturated carbocycles. The average molecular weight is 431 g/mol. The number of allylic oxidation sites excluding steroid dienone is 4. The third-order valence-electron chi connectivity index (χ3n) is 9.37. The lowest BCUT2D eigenvalue weighted by Gasteiger charge is -2.59. The molecule has 170 valence electrons. The van der Waals surface area contributed by atoms with Crippen LogP contribution in [0.2, 0.25) is 0 Å². The molecule has 0 bridgehead atoms. The molecule has 1 saturated heterocycles. The van der Waals surface area contributed by atoms with Crippen molar-refractivity contribution in [2.24, 2.45) is 28.6 Å². The summed E-state index contributed by atoms with van der Waals surface area (Å²) in [6.07, 6.45) is 8.31. The second-order valence-corrected chi connectivity index (χ2v) is 10.7. The van der Waals surface area contributed by atoms with Gasteiger partial charge >= 0.3 is 0 Å². The zero-order valence-electron chi connectivity index (χ0n) is 18.7. The lowest BCUT2D eigenvalue weighted by Crippen LogP contribution is -2.63. The van der Waals surface area contributed by atoms with Crippen molar-refractivity contribution in [3.63, 3.8) is 0 Å². The van der Waals surface area contributed by atoms with Gasteiger partial charge in [0.2, 0.25) is 0 Å². The zero-order valence-corrected chi connectivity index (χ0v) is 18.7. The van der Waals surface area contributed by atoms with Gasteiger partial charge in [-0.2, -0.15) is 0 Å². The Morgan fingerprint density at radius 3 is 2.81 bits per heavy atom. The van der Waals surface area contributed by atoms with Gasteiger partial charge in [-0.3, -0.25) is 9.59 Å². The van der Waals surface area contributed by atoms with Crippen LogP contribution < -0.4 is 0 Å². The molecule has 6 nitrogen and oxygen atoms in total. The van der Waals surface area contributed by atoms with Crippen molar-refractivity contribution in [1.29, 1.82) is 0 Å². The van der Waals surface area contributed by atoms with Gasteiger partial charge in [0.1, 0.15) is 6.61 Å². The Labute approximate surface area is 183 Å². The van der Waals surface area contributed by atoms with Gasteiger partial charge in [-0.15, -0.1) is 0 Å². The molecule has 4 fully saturated rings. The maximum atomic E-state index is 13.2. The molecule has 0 aromatic heterocycles. The van der Waals surface area contributed by atoms with Crippen molar-refractivity contribution in [3.05, 3.63) is 23.8 Å². The maximum Gasteiger partial charge on any atom is 0.193 e. The van der Waals surface area contributed by atoms with Crippen molar-refractivity contribution >= 4 is 11.6 Å². The number of aliphatic hydroxyl groups is 2. The molecule has 4 aliphatic carbocycles. The summed E-state index contributed by atoms with van der Waals surface area (Å²) in [5, 5.41) is 21.4. The SMILES string of the molecule is CCCC1O[C@H]2C[C@H]3[C@@H]4CCC5=CC(=O)C=C[C@]5(C)[C@H]4[C@@H](O)C[C@]3(C)[C@]2(C(=O)CO)O1. The second kappa shape index (κ2) is 7.08. The molecule has 0 aromatic carbocycles. The van der Waals surface area contributed by atoms with Gasteiger partial charge in [0.15, 0.2) is 23.5 Å². The average Bonchev–Trinajstić information content (AvgIpc) is 3.20. The summed E-state index contributed by atoms with van der Waals surface area (Å²) in [5.41, 5.74) is -1.05. The Hall–Kier alpha value is -1.34. The van der Waals surface area contributed by atoms with Gasteiger partial charge in [-0.1, -0.05) is 38.8 Å². The first-order chi connectivity index (χ1) is 14.7. The monoisotopic (exact) mass is 430 g/mol. The molecule has 0 spiro atoms. The number of carbonyl (C=O) groups is 2. The van der Waals surface area contributed by atoms with Crippen molar-refractivity contribution < 1.29 is 29.3 Å². The highest BCUT2D eigenvalue weighted by atomic mass is 16.7. The van der Waals surface area contributed by atoms with E-state index in [0.717, 1.165) is 24.8 Å². The standard InChI is InChI=1S/C25H34O6/c1-4-5-21-30-20-11-17-16-7-6-14-10-15(27)8-9-23(14,2)22(16)18(28)12-24(17,3)25(20,31-21)19(29)13-26/h8-10,16-18,20-22,26,28H,4-7,11-13H2,1-3H3/t16-,17-,18-,20-,21?,22+,23-,24-,25+/m0/s1. The van der Waals surface area contributed by atoms with Crippen LogP contribution in [0.5, 0.6) is 0 Å². The minimum Gasteiger partial charge on any atom is -0.393 e. The number of rotatable bonds is 4. The van der Waals surface area contributed by atoms with Gasteiger partial charge in [0.25, 0.3) is 0 Å². The largest absolute Gasteiger partial charge is 0.393 e. The minimum atomic E-state index is -1.20. The third-order valence-corrected chi connectivity index (χ3v) is 9.37. The van der Waals surface area contributed by atoms with Crippen LogP contribution in [0.1, 0.15) is 59.3 Å². The first kappa shape index (κ1) is 21.5. The topological polar surface area (TPSA) is 93.1 Å². The van der Waals surface area contributed by atoms with E-state index in [-0.39, 0.29) is 34.7 Å². The van der Waals surface area contributed by atoms with Gasteiger partial charge in [0.05, 0.1) is 12.2 Å². The molecular formula is C25H34O6. The lowest BCUT2D eigenvalue weighted by molar-refractivity contribution is -0.200. The molecule has 9 atom stereocenters. The third kappa shape index (κ3) is 2.65. The molecule has 6 heteroatoms. The molecule has 1 heterocycles. The van der Waals surface area contributed by atoms with E-state index >= 15 is 0 Å². The van der Waals surface area contributed by atoms with Crippen molar-refractivity contribution in [3.8, 4) is 0 Å². The van der Waals surface area contributed by atoms with Crippen LogP contribution in [-0.2, 0) is 19.1 Å². The minimum absolute atomic E-state index is 0.0125. The summed E-state index contributed by atoms with van der Waals surface area (Å²) >= 11 is 0. The molecule has 5 rings (SSSR count). The normalized spacial score (nSPS) is 50.4. The van der Waals surface area contributed by atoms with Crippen molar-refractivity contribution in [1.82, 2.24) is 0 Å². The summed E-state index contributed by atoms with van der Waals surface area (Å²) in [4.78, 5) is 25.2. The fourth-order valence-electron chi connectivity index (χ4n) is 8.12. The van der Waals surface area contributed by atoms with Crippen LogP contribution >= 0.6 is 0 Å². The highest BCUT2D eigenvalue weighted by Crippen LogP contribution is 2.69.